The zero-order valence-electron chi connectivity index (χ0n) is 15.1. The molecule has 6 heteroatoms. The van der Waals surface area contributed by atoms with Crippen molar-refractivity contribution in [1.82, 2.24) is 15.0 Å². The SMILES string of the molecule is COc1ccc(C(C)N(C)Cc2nc(Cc3cccc(F)c3)no2)cc1. The van der Waals surface area contributed by atoms with Gasteiger partial charge < -0.3 is 9.26 Å². The van der Waals surface area contributed by atoms with E-state index in [4.69, 9.17) is 9.26 Å². The monoisotopic (exact) mass is 355 g/mol. The van der Waals surface area contributed by atoms with Gasteiger partial charge in [0.1, 0.15) is 11.6 Å². The van der Waals surface area contributed by atoms with Gasteiger partial charge in [-0.1, -0.05) is 29.4 Å². The summed E-state index contributed by atoms with van der Waals surface area (Å²) >= 11 is 0. The second-order valence-electron chi connectivity index (χ2n) is 6.28. The first kappa shape index (κ1) is 18.1. The third-order valence-electron chi connectivity index (χ3n) is 4.41. The Kier molecular flexibility index (Phi) is 5.63. The van der Waals surface area contributed by atoms with Gasteiger partial charge in [0.15, 0.2) is 5.82 Å². The summed E-state index contributed by atoms with van der Waals surface area (Å²) in [4.78, 5) is 6.54. The molecule has 0 aliphatic heterocycles. The van der Waals surface area contributed by atoms with E-state index < -0.39 is 0 Å². The van der Waals surface area contributed by atoms with E-state index in [2.05, 4.69) is 22.0 Å². The molecule has 1 aromatic heterocycles. The molecule has 0 bridgehead atoms. The van der Waals surface area contributed by atoms with Gasteiger partial charge in [0.05, 0.1) is 13.7 Å². The van der Waals surface area contributed by atoms with Gasteiger partial charge >= 0.3 is 0 Å². The minimum atomic E-state index is -0.265. The Labute approximate surface area is 152 Å². The number of ether oxygens (including phenoxy) is 1. The molecular formula is C20H22FN3O2. The summed E-state index contributed by atoms with van der Waals surface area (Å²) in [6.45, 7) is 2.65. The average molecular weight is 355 g/mol. The second-order valence-corrected chi connectivity index (χ2v) is 6.28. The largest absolute Gasteiger partial charge is 0.497 e. The average Bonchev–Trinajstić information content (AvgIpc) is 3.08. The third-order valence-corrected chi connectivity index (χ3v) is 4.41. The molecule has 0 amide bonds. The van der Waals surface area contributed by atoms with Gasteiger partial charge in [0.25, 0.3) is 0 Å². The summed E-state index contributed by atoms with van der Waals surface area (Å²) in [6.07, 6.45) is 0.443. The minimum absolute atomic E-state index is 0.180. The first-order valence-electron chi connectivity index (χ1n) is 8.45. The zero-order valence-corrected chi connectivity index (χ0v) is 15.1. The third kappa shape index (κ3) is 4.46. The van der Waals surface area contributed by atoms with E-state index in [1.807, 2.05) is 37.4 Å². The molecule has 0 fully saturated rings. The predicted molar refractivity (Wildman–Crippen MR) is 96.4 cm³/mol. The molecule has 0 saturated heterocycles. The molecule has 1 atom stereocenters. The highest BCUT2D eigenvalue weighted by atomic mass is 19.1. The van der Waals surface area contributed by atoms with Crippen LogP contribution in [0.25, 0.3) is 0 Å². The zero-order chi connectivity index (χ0) is 18.5. The Balaban J connectivity index is 1.62. The van der Waals surface area contributed by atoms with E-state index in [-0.39, 0.29) is 11.9 Å². The summed E-state index contributed by atoms with van der Waals surface area (Å²) in [5.74, 6) is 1.66. The maximum absolute atomic E-state index is 13.3. The Bertz CT molecular complexity index is 848. The molecular weight excluding hydrogens is 333 g/mol. The highest BCUT2D eigenvalue weighted by molar-refractivity contribution is 5.28. The lowest BCUT2D eigenvalue weighted by molar-refractivity contribution is 0.216. The Hall–Kier alpha value is -2.73. The first-order valence-corrected chi connectivity index (χ1v) is 8.45. The van der Waals surface area contributed by atoms with Gasteiger partial charge in [-0.25, -0.2) is 4.39 Å². The maximum atomic E-state index is 13.3. The van der Waals surface area contributed by atoms with E-state index in [1.54, 1.807) is 13.2 Å². The van der Waals surface area contributed by atoms with Crippen LogP contribution in [0.1, 0.15) is 35.8 Å². The van der Waals surface area contributed by atoms with Gasteiger partial charge in [0, 0.05) is 12.5 Å². The molecule has 136 valence electrons. The summed E-state index contributed by atoms with van der Waals surface area (Å²) in [5.41, 5.74) is 1.99. The van der Waals surface area contributed by atoms with E-state index in [1.165, 1.54) is 17.7 Å². The van der Waals surface area contributed by atoms with Crippen LogP contribution in [0, 0.1) is 5.82 Å². The van der Waals surface area contributed by atoms with Crippen LogP contribution >= 0.6 is 0 Å². The van der Waals surface area contributed by atoms with Crippen LogP contribution < -0.4 is 4.74 Å². The van der Waals surface area contributed by atoms with Crippen LogP contribution in [0.15, 0.2) is 53.1 Å². The van der Waals surface area contributed by atoms with Crippen molar-refractivity contribution in [3.63, 3.8) is 0 Å². The minimum Gasteiger partial charge on any atom is -0.497 e. The van der Waals surface area contributed by atoms with Crippen molar-refractivity contribution in [2.24, 2.45) is 0 Å². The summed E-state index contributed by atoms with van der Waals surface area (Å²) in [5, 5.41) is 4.00. The molecule has 0 N–H and O–H groups in total. The molecule has 26 heavy (non-hydrogen) atoms. The lowest BCUT2D eigenvalue weighted by atomic mass is 10.1. The van der Waals surface area contributed by atoms with Crippen LogP contribution in [-0.2, 0) is 13.0 Å². The maximum Gasteiger partial charge on any atom is 0.240 e. The first-order chi connectivity index (χ1) is 12.5. The van der Waals surface area contributed by atoms with Crippen molar-refractivity contribution >= 4 is 0 Å². The molecule has 1 unspecified atom stereocenters. The van der Waals surface area contributed by atoms with E-state index in [0.717, 1.165) is 11.3 Å². The number of halogens is 1. The Morgan fingerprint density at radius 1 is 1.19 bits per heavy atom. The number of methoxy groups -OCH3 is 1. The van der Waals surface area contributed by atoms with Crippen molar-refractivity contribution in [2.75, 3.05) is 14.2 Å². The molecule has 5 nitrogen and oxygen atoms in total. The molecule has 3 aromatic rings. The van der Waals surface area contributed by atoms with Crippen LogP contribution in [0.2, 0.25) is 0 Å². The standard InChI is InChI=1S/C20H22FN3O2/c1-14(16-7-9-18(25-3)10-8-16)24(2)13-20-22-19(23-26-20)12-15-5-4-6-17(21)11-15/h4-11,14H,12-13H2,1-3H3. The van der Waals surface area contributed by atoms with Crippen LogP contribution in [0.3, 0.4) is 0 Å². The van der Waals surface area contributed by atoms with Crippen LogP contribution in [0.5, 0.6) is 5.75 Å². The normalized spacial score (nSPS) is 12.3. The summed E-state index contributed by atoms with van der Waals surface area (Å²) < 4.78 is 23.8. The quantitative estimate of drug-likeness (QED) is 0.641. The molecule has 0 aliphatic carbocycles. The lowest BCUT2D eigenvalue weighted by Crippen LogP contribution is -2.22. The van der Waals surface area contributed by atoms with Gasteiger partial charge in [-0.3, -0.25) is 4.90 Å². The number of nitrogens with zero attached hydrogens (tertiary/aromatic N) is 3. The van der Waals surface area contributed by atoms with Crippen molar-refractivity contribution in [2.45, 2.75) is 25.9 Å². The van der Waals surface area contributed by atoms with Gasteiger partial charge in [-0.2, -0.15) is 4.98 Å². The van der Waals surface area contributed by atoms with Crippen molar-refractivity contribution < 1.29 is 13.7 Å². The highest BCUT2D eigenvalue weighted by Crippen LogP contribution is 2.22. The highest BCUT2D eigenvalue weighted by Gasteiger charge is 2.16. The van der Waals surface area contributed by atoms with Crippen LogP contribution in [0.4, 0.5) is 4.39 Å². The fraction of sp³-hybridized carbons (Fsp3) is 0.300. The number of hydrogen-bond donors (Lipinski definition) is 0. The van der Waals surface area contributed by atoms with Gasteiger partial charge in [-0.15, -0.1) is 0 Å². The van der Waals surface area contributed by atoms with E-state index in [9.17, 15) is 4.39 Å². The van der Waals surface area contributed by atoms with Gasteiger partial charge in [0.2, 0.25) is 5.89 Å². The lowest BCUT2D eigenvalue weighted by Gasteiger charge is -2.23. The summed E-state index contributed by atoms with van der Waals surface area (Å²) in [6, 6.07) is 14.6. The smallest absolute Gasteiger partial charge is 0.240 e. The number of benzene rings is 2. The van der Waals surface area contributed by atoms with Crippen molar-refractivity contribution in [1.29, 1.82) is 0 Å². The van der Waals surface area contributed by atoms with Crippen LogP contribution in [-0.4, -0.2) is 29.2 Å². The topological polar surface area (TPSA) is 51.4 Å². The molecule has 3 rings (SSSR count). The summed E-state index contributed by atoms with van der Waals surface area (Å²) in [7, 11) is 3.66. The Morgan fingerprint density at radius 3 is 2.65 bits per heavy atom. The second kappa shape index (κ2) is 8.10. The fourth-order valence-corrected chi connectivity index (χ4v) is 2.74. The Morgan fingerprint density at radius 2 is 1.96 bits per heavy atom. The number of rotatable bonds is 7. The molecule has 0 aliphatic rings. The molecule has 0 spiro atoms. The fourth-order valence-electron chi connectivity index (χ4n) is 2.74. The molecule has 2 aromatic carbocycles. The van der Waals surface area contributed by atoms with E-state index in [0.29, 0.717) is 24.7 Å². The number of aromatic nitrogens is 2. The van der Waals surface area contributed by atoms with Gasteiger partial charge in [-0.05, 0) is 49.4 Å². The molecule has 0 saturated carbocycles. The predicted octanol–water partition coefficient (Wildman–Crippen LogP) is 4.00. The van der Waals surface area contributed by atoms with Crippen molar-refractivity contribution in [3.8, 4) is 5.75 Å². The number of hydrogen-bond acceptors (Lipinski definition) is 5. The van der Waals surface area contributed by atoms with E-state index >= 15 is 0 Å². The molecule has 0 radical (unpaired) electrons. The van der Waals surface area contributed by atoms with Crippen molar-refractivity contribution in [3.05, 3.63) is 77.2 Å². The molecule has 1 heterocycles.